The fourth-order valence-corrected chi connectivity index (χ4v) is 3.36. The van der Waals surface area contributed by atoms with Crippen LogP contribution in [0.3, 0.4) is 0 Å². The van der Waals surface area contributed by atoms with Crippen molar-refractivity contribution in [3.05, 3.63) is 82.8 Å². The summed E-state index contributed by atoms with van der Waals surface area (Å²) >= 11 is 8.62. The molecule has 0 aliphatic carbocycles. The summed E-state index contributed by atoms with van der Waals surface area (Å²) in [4.78, 5) is 12.1. The summed E-state index contributed by atoms with van der Waals surface area (Å²) in [5.74, 6) is 0.267. The van der Waals surface area contributed by atoms with E-state index in [1.54, 1.807) is 0 Å². The normalized spacial score (nSPS) is 10.1. The molecule has 0 heterocycles. The van der Waals surface area contributed by atoms with Crippen molar-refractivity contribution in [2.24, 2.45) is 0 Å². The van der Waals surface area contributed by atoms with E-state index in [1.165, 1.54) is 0 Å². The Bertz CT molecular complexity index is 995. The summed E-state index contributed by atoms with van der Waals surface area (Å²) in [7, 11) is 0. The highest BCUT2D eigenvalue weighted by atomic mass is 79.9. The number of aryl methyl sites for hydroxylation is 1. The average Bonchev–Trinajstić information content (AvgIpc) is 2.69. The fourth-order valence-electron chi connectivity index (χ4n) is 2.52. The molecule has 0 unspecified atom stereocenters. The molecule has 5 nitrogen and oxygen atoms in total. The maximum atomic E-state index is 12.1. The zero-order chi connectivity index (χ0) is 20.6. The second-order valence-electron chi connectivity index (χ2n) is 6.29. The van der Waals surface area contributed by atoms with Gasteiger partial charge in [0.2, 0.25) is 0 Å². The molecule has 0 aliphatic heterocycles. The van der Waals surface area contributed by atoms with E-state index in [1.807, 2.05) is 79.7 Å². The quantitative estimate of drug-likeness (QED) is 0.422. The van der Waals surface area contributed by atoms with Gasteiger partial charge in [-0.3, -0.25) is 10.1 Å². The van der Waals surface area contributed by atoms with Gasteiger partial charge in [-0.2, -0.15) is 0 Å². The van der Waals surface area contributed by atoms with Crippen LogP contribution < -0.4 is 20.7 Å². The number of hydrogen-bond donors (Lipinski definition) is 3. The van der Waals surface area contributed by atoms with Crippen molar-refractivity contribution in [3.63, 3.8) is 0 Å². The van der Waals surface area contributed by atoms with E-state index in [0.29, 0.717) is 5.75 Å². The molecule has 0 fully saturated rings. The Morgan fingerprint density at radius 2 is 1.62 bits per heavy atom. The van der Waals surface area contributed by atoms with Gasteiger partial charge in [-0.25, -0.2) is 0 Å². The largest absolute Gasteiger partial charge is 0.483 e. The highest BCUT2D eigenvalue weighted by molar-refractivity contribution is 9.10. The maximum Gasteiger partial charge on any atom is 0.264 e. The predicted octanol–water partition coefficient (Wildman–Crippen LogP) is 5.39. The van der Waals surface area contributed by atoms with Crippen LogP contribution in [0.4, 0.5) is 17.1 Å². The van der Waals surface area contributed by atoms with Gasteiger partial charge in [0.05, 0.1) is 4.47 Å². The SMILES string of the molecule is Cc1ccc(OCC(=O)NC(=S)Nc2ccc(Nc3ccccc3)cc2)c(Br)c1. The van der Waals surface area contributed by atoms with Gasteiger partial charge in [0.25, 0.3) is 5.91 Å². The van der Waals surface area contributed by atoms with Crippen molar-refractivity contribution in [2.45, 2.75) is 6.92 Å². The third-order valence-electron chi connectivity index (χ3n) is 3.90. The van der Waals surface area contributed by atoms with E-state index in [9.17, 15) is 4.79 Å². The molecular weight excluding hydrogens is 450 g/mol. The van der Waals surface area contributed by atoms with Gasteiger partial charge in [0.15, 0.2) is 11.7 Å². The molecule has 0 saturated heterocycles. The summed E-state index contributed by atoms with van der Waals surface area (Å²) in [6, 6.07) is 23.2. The van der Waals surface area contributed by atoms with Gasteiger partial charge in [0, 0.05) is 17.1 Å². The van der Waals surface area contributed by atoms with Crippen molar-refractivity contribution in [2.75, 3.05) is 17.2 Å². The van der Waals surface area contributed by atoms with Crippen LogP contribution in [0.1, 0.15) is 5.56 Å². The Hall–Kier alpha value is -2.90. The monoisotopic (exact) mass is 469 g/mol. The van der Waals surface area contributed by atoms with Gasteiger partial charge in [-0.05, 0) is 89.2 Å². The number of benzene rings is 3. The van der Waals surface area contributed by atoms with Crippen LogP contribution in [-0.4, -0.2) is 17.6 Å². The van der Waals surface area contributed by atoms with E-state index in [2.05, 4.69) is 31.9 Å². The van der Waals surface area contributed by atoms with E-state index in [4.69, 9.17) is 17.0 Å². The second-order valence-corrected chi connectivity index (χ2v) is 7.56. The molecule has 0 bridgehead atoms. The van der Waals surface area contributed by atoms with Gasteiger partial charge in [-0.15, -0.1) is 0 Å². The molecule has 3 rings (SSSR count). The first kappa shape index (κ1) is 20.8. The van der Waals surface area contributed by atoms with Crippen LogP contribution in [0.5, 0.6) is 5.75 Å². The van der Waals surface area contributed by atoms with Crippen LogP contribution >= 0.6 is 28.1 Å². The molecular formula is C22H20BrN3O2S. The number of thiocarbonyl (C=S) groups is 1. The standard InChI is InChI=1S/C22H20BrN3O2S/c1-15-7-12-20(19(23)13-15)28-14-21(27)26-22(29)25-18-10-8-17(9-11-18)24-16-5-3-2-4-6-16/h2-13,24H,14H2,1H3,(H2,25,26,27,29). The van der Waals surface area contributed by atoms with Gasteiger partial charge < -0.3 is 15.4 Å². The minimum absolute atomic E-state index is 0.136. The van der Waals surface area contributed by atoms with Crippen LogP contribution in [0, 0.1) is 6.92 Å². The maximum absolute atomic E-state index is 12.1. The zero-order valence-corrected chi connectivity index (χ0v) is 18.1. The number of carbonyl (C=O) groups is 1. The minimum Gasteiger partial charge on any atom is -0.483 e. The van der Waals surface area contributed by atoms with Crippen molar-refractivity contribution in [1.29, 1.82) is 0 Å². The lowest BCUT2D eigenvalue weighted by Gasteiger charge is -2.12. The van der Waals surface area contributed by atoms with Crippen molar-refractivity contribution in [1.82, 2.24) is 5.32 Å². The zero-order valence-electron chi connectivity index (χ0n) is 15.7. The number of carbonyl (C=O) groups excluding carboxylic acids is 1. The van der Waals surface area contributed by atoms with E-state index in [-0.39, 0.29) is 17.6 Å². The minimum atomic E-state index is -0.336. The molecule has 29 heavy (non-hydrogen) atoms. The number of rotatable bonds is 6. The molecule has 0 saturated carbocycles. The molecule has 0 radical (unpaired) electrons. The number of amides is 1. The van der Waals surface area contributed by atoms with Crippen LogP contribution in [0.25, 0.3) is 0 Å². The van der Waals surface area contributed by atoms with Crippen LogP contribution in [0.2, 0.25) is 0 Å². The smallest absolute Gasteiger partial charge is 0.264 e. The molecule has 3 N–H and O–H groups in total. The van der Waals surface area contributed by atoms with Crippen molar-refractivity contribution < 1.29 is 9.53 Å². The molecule has 0 spiro atoms. The highest BCUT2D eigenvalue weighted by Crippen LogP contribution is 2.25. The summed E-state index contributed by atoms with van der Waals surface area (Å²) in [5.41, 5.74) is 3.84. The van der Waals surface area contributed by atoms with Gasteiger partial charge in [-0.1, -0.05) is 24.3 Å². The predicted molar refractivity (Wildman–Crippen MR) is 125 cm³/mol. The van der Waals surface area contributed by atoms with Crippen LogP contribution in [0.15, 0.2) is 77.3 Å². The van der Waals surface area contributed by atoms with E-state index >= 15 is 0 Å². The molecule has 7 heteroatoms. The molecule has 3 aromatic carbocycles. The lowest BCUT2D eigenvalue weighted by atomic mass is 10.2. The Morgan fingerprint density at radius 1 is 0.966 bits per heavy atom. The van der Waals surface area contributed by atoms with E-state index in [0.717, 1.165) is 27.1 Å². The first-order chi connectivity index (χ1) is 14.0. The summed E-state index contributed by atoms with van der Waals surface area (Å²) in [6.07, 6.45) is 0. The number of halogens is 1. The summed E-state index contributed by atoms with van der Waals surface area (Å²) in [5, 5.41) is 9.12. The molecule has 0 atom stereocenters. The number of para-hydroxylation sites is 1. The fraction of sp³-hybridized carbons (Fsp3) is 0.0909. The molecule has 1 amide bonds. The molecule has 148 valence electrons. The van der Waals surface area contributed by atoms with Gasteiger partial charge >= 0.3 is 0 Å². The highest BCUT2D eigenvalue weighted by Gasteiger charge is 2.08. The number of ether oxygens (including phenoxy) is 1. The third-order valence-corrected chi connectivity index (χ3v) is 4.73. The van der Waals surface area contributed by atoms with Gasteiger partial charge in [0.1, 0.15) is 5.75 Å². The average molecular weight is 470 g/mol. The molecule has 3 aromatic rings. The molecule has 0 aromatic heterocycles. The molecule has 0 aliphatic rings. The second kappa shape index (κ2) is 10.0. The first-order valence-electron chi connectivity index (χ1n) is 8.91. The van der Waals surface area contributed by atoms with Crippen molar-refractivity contribution >= 4 is 56.2 Å². The lowest BCUT2D eigenvalue weighted by molar-refractivity contribution is -0.121. The summed E-state index contributed by atoms with van der Waals surface area (Å²) in [6.45, 7) is 1.85. The number of anilines is 3. The Labute approximate surface area is 183 Å². The van der Waals surface area contributed by atoms with E-state index < -0.39 is 0 Å². The first-order valence-corrected chi connectivity index (χ1v) is 10.1. The summed E-state index contributed by atoms with van der Waals surface area (Å²) < 4.78 is 6.32. The topological polar surface area (TPSA) is 62.4 Å². The Morgan fingerprint density at radius 3 is 2.31 bits per heavy atom. The van der Waals surface area contributed by atoms with Crippen molar-refractivity contribution in [3.8, 4) is 5.75 Å². The number of hydrogen-bond acceptors (Lipinski definition) is 4. The third kappa shape index (κ3) is 6.58. The Kier molecular flexibility index (Phi) is 7.21. The van der Waals surface area contributed by atoms with Crippen LogP contribution in [-0.2, 0) is 4.79 Å². The lowest BCUT2D eigenvalue weighted by Crippen LogP contribution is -2.37. The number of nitrogens with one attached hydrogen (secondary N) is 3. The Balaban J connectivity index is 1.46.